The zero-order valence-corrected chi connectivity index (χ0v) is 18.2. The molecule has 1 atom stereocenters. The van der Waals surface area contributed by atoms with Gasteiger partial charge in [0.15, 0.2) is 0 Å². The highest BCUT2D eigenvalue weighted by atomic mass is 16.6. The fourth-order valence-corrected chi connectivity index (χ4v) is 3.59. The summed E-state index contributed by atoms with van der Waals surface area (Å²) in [7, 11) is 0. The number of H-pyrrole nitrogens is 1. The molecule has 1 aromatic heterocycles. The average molecular weight is 490 g/mol. The van der Waals surface area contributed by atoms with Gasteiger partial charge in [0, 0.05) is 23.9 Å². The van der Waals surface area contributed by atoms with Crippen LogP contribution in [0.3, 0.4) is 0 Å². The van der Waals surface area contributed by atoms with E-state index in [1.807, 2.05) is 36.4 Å². The standard InChI is InChI=1S/C16H15NO3.C10H8N2O2.2CH4/c18-14-8-6-13(7-9-14)17-11-15(20-16(17)19)10-12-4-2-1-3-5-12;13-10(14)8-3-1-2-7(4-8)9-5-11-12-6-9;;/h1-9,15,18H,10-11H2;1-6H,(H,11,12)(H,13,14);2*1H4/t15-;;;/m0.../s1. The van der Waals surface area contributed by atoms with Gasteiger partial charge in [-0.25, -0.2) is 9.59 Å². The summed E-state index contributed by atoms with van der Waals surface area (Å²) in [4.78, 5) is 24.2. The molecule has 3 N–H and O–H groups in total. The molecule has 0 radical (unpaired) electrons. The number of ether oxygens (including phenoxy) is 1. The van der Waals surface area contributed by atoms with E-state index >= 15 is 0 Å². The Bertz CT molecular complexity index is 1240. The minimum Gasteiger partial charge on any atom is -0.508 e. The Hall–Kier alpha value is -4.59. The second kappa shape index (κ2) is 12.8. The molecule has 0 aliphatic carbocycles. The Balaban J connectivity index is 0.000000254. The fourth-order valence-electron chi connectivity index (χ4n) is 3.59. The number of nitrogens with one attached hydrogen (secondary N) is 1. The van der Waals surface area contributed by atoms with E-state index in [9.17, 15) is 14.7 Å². The van der Waals surface area contributed by atoms with Crippen molar-refractivity contribution in [3.8, 4) is 16.9 Å². The summed E-state index contributed by atoms with van der Waals surface area (Å²) < 4.78 is 5.39. The molecule has 2 heterocycles. The van der Waals surface area contributed by atoms with E-state index in [0.717, 1.165) is 22.4 Å². The number of carboxylic acids is 1. The summed E-state index contributed by atoms with van der Waals surface area (Å²) >= 11 is 0. The van der Waals surface area contributed by atoms with Crippen LogP contribution in [0.15, 0.2) is 91.3 Å². The number of aromatic amines is 1. The summed E-state index contributed by atoms with van der Waals surface area (Å²) in [5.74, 6) is -0.738. The van der Waals surface area contributed by atoms with Crippen molar-refractivity contribution in [2.45, 2.75) is 27.4 Å². The number of nitrogens with zero attached hydrogens (tertiary/aromatic N) is 2. The summed E-state index contributed by atoms with van der Waals surface area (Å²) in [5, 5.41) is 24.5. The normalized spacial score (nSPS) is 13.9. The second-order valence-electron chi connectivity index (χ2n) is 7.70. The summed E-state index contributed by atoms with van der Waals surface area (Å²) in [5.41, 5.74) is 3.90. The number of rotatable bonds is 5. The third-order valence-corrected chi connectivity index (χ3v) is 5.28. The number of benzene rings is 3. The van der Waals surface area contributed by atoms with Crippen molar-refractivity contribution in [2.24, 2.45) is 0 Å². The van der Waals surface area contributed by atoms with Crippen molar-refractivity contribution in [2.75, 3.05) is 11.4 Å². The van der Waals surface area contributed by atoms with Crippen LogP contribution >= 0.6 is 0 Å². The molecule has 0 spiro atoms. The summed E-state index contributed by atoms with van der Waals surface area (Å²) in [6, 6.07) is 23.3. The zero-order chi connectivity index (χ0) is 23.9. The van der Waals surface area contributed by atoms with Crippen LogP contribution in [0.4, 0.5) is 10.5 Å². The number of aromatic hydroxyl groups is 1. The number of phenols is 1. The Morgan fingerprint density at radius 3 is 2.36 bits per heavy atom. The van der Waals surface area contributed by atoms with Crippen LogP contribution in [0, 0.1) is 0 Å². The van der Waals surface area contributed by atoms with Crippen molar-refractivity contribution in [1.82, 2.24) is 10.2 Å². The predicted octanol–water partition coefficient (Wildman–Crippen LogP) is 6.01. The van der Waals surface area contributed by atoms with Gasteiger partial charge >= 0.3 is 12.1 Å². The number of carbonyl (C=O) groups is 2. The molecule has 0 bridgehead atoms. The number of aromatic nitrogens is 2. The third-order valence-electron chi connectivity index (χ3n) is 5.28. The first kappa shape index (κ1) is 27.7. The molecule has 8 nitrogen and oxygen atoms in total. The molecule has 1 fully saturated rings. The molecule has 5 rings (SSSR count). The first-order valence-corrected chi connectivity index (χ1v) is 10.6. The van der Waals surface area contributed by atoms with Gasteiger partial charge < -0.3 is 14.9 Å². The van der Waals surface area contributed by atoms with Gasteiger partial charge in [0.2, 0.25) is 0 Å². The minimum absolute atomic E-state index is 0. The van der Waals surface area contributed by atoms with Crippen LogP contribution in [0.5, 0.6) is 5.75 Å². The van der Waals surface area contributed by atoms with Crippen LogP contribution in [0.1, 0.15) is 30.8 Å². The number of hydrogen-bond donors (Lipinski definition) is 3. The maximum absolute atomic E-state index is 11.9. The van der Waals surface area contributed by atoms with Gasteiger partial charge in [0.05, 0.1) is 18.3 Å². The highest BCUT2D eigenvalue weighted by Gasteiger charge is 2.32. The number of amides is 1. The van der Waals surface area contributed by atoms with Gasteiger partial charge in [-0.15, -0.1) is 0 Å². The van der Waals surface area contributed by atoms with Gasteiger partial charge in [-0.3, -0.25) is 10.00 Å². The van der Waals surface area contributed by atoms with E-state index in [1.54, 1.807) is 59.8 Å². The number of anilines is 1. The van der Waals surface area contributed by atoms with Crippen molar-refractivity contribution in [3.05, 3.63) is 102 Å². The minimum atomic E-state index is -0.921. The van der Waals surface area contributed by atoms with Crippen molar-refractivity contribution >= 4 is 17.7 Å². The fraction of sp³-hybridized carbons (Fsp3) is 0.179. The maximum Gasteiger partial charge on any atom is 0.414 e. The van der Waals surface area contributed by atoms with Gasteiger partial charge in [-0.1, -0.05) is 57.3 Å². The van der Waals surface area contributed by atoms with E-state index in [2.05, 4.69) is 10.2 Å². The smallest absolute Gasteiger partial charge is 0.414 e. The number of carboxylic acid groups (broad SMARTS) is 1. The summed E-state index contributed by atoms with van der Waals surface area (Å²) in [6.07, 6.45) is 3.61. The van der Waals surface area contributed by atoms with E-state index in [-0.39, 0.29) is 38.4 Å². The van der Waals surface area contributed by atoms with Crippen molar-refractivity contribution in [1.29, 1.82) is 0 Å². The molecule has 3 aromatic carbocycles. The molecular weight excluding hydrogens is 458 g/mol. The lowest BCUT2D eigenvalue weighted by atomic mass is 10.1. The average Bonchev–Trinajstić information content (AvgIpc) is 3.51. The van der Waals surface area contributed by atoms with E-state index in [0.29, 0.717) is 13.0 Å². The molecule has 188 valence electrons. The quantitative estimate of drug-likeness (QED) is 0.316. The molecule has 8 heteroatoms. The molecule has 1 amide bonds. The lowest BCUT2D eigenvalue weighted by Crippen LogP contribution is -2.24. The van der Waals surface area contributed by atoms with Gasteiger partial charge in [-0.05, 0) is 47.5 Å². The first-order valence-electron chi connectivity index (χ1n) is 10.6. The van der Waals surface area contributed by atoms with Crippen LogP contribution in [0.25, 0.3) is 11.1 Å². The SMILES string of the molecule is C.C.O=C(O)c1cccc(-c2cn[nH]c2)c1.O=C1O[C@@H](Cc2ccccc2)CN1c1ccc(O)cc1. The monoisotopic (exact) mass is 489 g/mol. The largest absolute Gasteiger partial charge is 0.508 e. The Morgan fingerprint density at radius 1 is 1.00 bits per heavy atom. The molecule has 0 saturated carbocycles. The van der Waals surface area contributed by atoms with E-state index in [1.165, 1.54) is 0 Å². The van der Waals surface area contributed by atoms with Crippen LogP contribution < -0.4 is 4.90 Å². The first-order chi connectivity index (χ1) is 16.5. The molecule has 1 aliphatic rings. The topological polar surface area (TPSA) is 116 Å². The summed E-state index contributed by atoms with van der Waals surface area (Å²) in [6.45, 7) is 0.526. The lowest BCUT2D eigenvalue weighted by molar-refractivity contribution is 0.0696. The second-order valence-corrected chi connectivity index (χ2v) is 7.70. The molecule has 4 aromatic rings. The van der Waals surface area contributed by atoms with Crippen molar-refractivity contribution in [3.63, 3.8) is 0 Å². The number of hydrogen-bond acceptors (Lipinski definition) is 5. The molecule has 36 heavy (non-hydrogen) atoms. The number of phenolic OH excluding ortho intramolecular Hbond substituents is 1. The Kier molecular flexibility index (Phi) is 9.80. The Labute approximate surface area is 210 Å². The van der Waals surface area contributed by atoms with Crippen LogP contribution in [-0.2, 0) is 11.2 Å². The molecule has 1 saturated heterocycles. The van der Waals surface area contributed by atoms with Crippen LogP contribution in [0.2, 0.25) is 0 Å². The third kappa shape index (κ3) is 6.96. The van der Waals surface area contributed by atoms with Crippen molar-refractivity contribution < 1.29 is 24.5 Å². The van der Waals surface area contributed by atoms with Gasteiger partial charge in [-0.2, -0.15) is 5.10 Å². The highest BCUT2D eigenvalue weighted by Crippen LogP contribution is 2.25. The highest BCUT2D eigenvalue weighted by molar-refractivity contribution is 5.90. The lowest BCUT2D eigenvalue weighted by Gasteiger charge is -2.12. The van der Waals surface area contributed by atoms with E-state index in [4.69, 9.17) is 9.84 Å². The van der Waals surface area contributed by atoms with E-state index < -0.39 is 5.97 Å². The zero-order valence-electron chi connectivity index (χ0n) is 18.2. The van der Waals surface area contributed by atoms with Gasteiger partial charge in [0.1, 0.15) is 11.9 Å². The van der Waals surface area contributed by atoms with Gasteiger partial charge in [0.25, 0.3) is 0 Å². The molecular formula is C28H31N3O5. The molecule has 1 aliphatic heterocycles. The molecule has 0 unspecified atom stereocenters. The maximum atomic E-state index is 11.9. The number of cyclic esters (lactones) is 1. The van der Waals surface area contributed by atoms with Crippen LogP contribution in [-0.4, -0.2) is 45.1 Å². The predicted molar refractivity (Wildman–Crippen MR) is 140 cm³/mol. The number of carbonyl (C=O) groups excluding carboxylic acids is 1. The Morgan fingerprint density at radius 2 is 1.72 bits per heavy atom. The number of aromatic carboxylic acids is 1.